The molecule has 152 valence electrons. The molecule has 1 heterocycles. The molecule has 0 unspecified atom stereocenters. The van der Waals surface area contributed by atoms with Crippen molar-refractivity contribution in [1.29, 1.82) is 0 Å². The van der Waals surface area contributed by atoms with Crippen LogP contribution in [-0.4, -0.2) is 23.6 Å². The lowest BCUT2D eigenvalue weighted by molar-refractivity contribution is -0.137. The summed E-state index contributed by atoms with van der Waals surface area (Å²) in [5.41, 5.74) is 0.281. The average Bonchev–Trinajstić information content (AvgIpc) is 2.69. The topological polar surface area (TPSA) is 50.3 Å². The highest BCUT2D eigenvalue weighted by molar-refractivity contribution is 14.1. The number of alkyl halides is 3. The van der Waals surface area contributed by atoms with Crippen LogP contribution < -0.4 is 15.0 Å². The molecule has 0 amide bonds. The summed E-state index contributed by atoms with van der Waals surface area (Å²) >= 11 is 2.18. The Morgan fingerprint density at radius 1 is 1.07 bits per heavy atom. The third-order valence-corrected chi connectivity index (χ3v) is 4.74. The molecule has 0 saturated carbocycles. The van der Waals surface area contributed by atoms with Crippen molar-refractivity contribution in [3.05, 3.63) is 63.9 Å². The molecule has 0 aliphatic carbocycles. The van der Waals surface area contributed by atoms with Crippen molar-refractivity contribution in [2.75, 3.05) is 23.9 Å². The Hall–Kier alpha value is -2.56. The summed E-state index contributed by atoms with van der Waals surface area (Å²) in [5.74, 6) is 0.465. The van der Waals surface area contributed by atoms with Gasteiger partial charge in [-0.2, -0.15) is 18.2 Å². The second-order valence-electron chi connectivity index (χ2n) is 6.05. The lowest BCUT2D eigenvalue weighted by Gasteiger charge is -2.20. The van der Waals surface area contributed by atoms with Crippen molar-refractivity contribution < 1.29 is 17.9 Å². The van der Waals surface area contributed by atoms with E-state index >= 15 is 0 Å². The van der Waals surface area contributed by atoms with E-state index in [1.807, 2.05) is 31.2 Å². The van der Waals surface area contributed by atoms with Crippen LogP contribution in [0, 0.1) is 3.57 Å². The van der Waals surface area contributed by atoms with Crippen molar-refractivity contribution in [2.24, 2.45) is 0 Å². The Labute approximate surface area is 180 Å². The predicted octanol–water partition coefficient (Wildman–Crippen LogP) is 6.01. The summed E-state index contributed by atoms with van der Waals surface area (Å²) in [6.45, 7) is 2.36. The third-order valence-electron chi connectivity index (χ3n) is 4.02. The first kappa shape index (κ1) is 21.2. The summed E-state index contributed by atoms with van der Waals surface area (Å²) in [5, 5.41) is 2.75. The number of halogens is 4. The zero-order valence-electron chi connectivity index (χ0n) is 15.7. The number of hydrogen-bond acceptors (Lipinski definition) is 5. The second-order valence-corrected chi connectivity index (χ2v) is 7.29. The van der Waals surface area contributed by atoms with Gasteiger partial charge in [0.15, 0.2) is 0 Å². The molecule has 9 heteroatoms. The fourth-order valence-electron chi connectivity index (χ4n) is 2.55. The van der Waals surface area contributed by atoms with Gasteiger partial charge in [0, 0.05) is 28.2 Å². The van der Waals surface area contributed by atoms with Crippen LogP contribution in [0.4, 0.5) is 36.3 Å². The Morgan fingerprint density at radius 3 is 2.31 bits per heavy atom. The Morgan fingerprint density at radius 2 is 1.72 bits per heavy atom. The largest absolute Gasteiger partial charge is 0.494 e. The molecule has 3 rings (SSSR count). The molecule has 0 spiro atoms. The molecule has 1 aromatic heterocycles. The lowest BCUT2D eigenvalue weighted by Crippen LogP contribution is -2.17. The lowest BCUT2D eigenvalue weighted by atomic mass is 10.2. The fraction of sp³-hybridized carbons (Fsp3) is 0.200. The van der Waals surface area contributed by atoms with Crippen molar-refractivity contribution in [3.8, 4) is 5.75 Å². The Bertz CT molecular complexity index is 963. The molecule has 0 atom stereocenters. The summed E-state index contributed by atoms with van der Waals surface area (Å²) in [4.78, 5) is 9.68. The molecule has 2 aromatic carbocycles. The van der Waals surface area contributed by atoms with Gasteiger partial charge in [-0.3, -0.25) is 0 Å². The molecule has 0 aliphatic rings. The smallest absolute Gasteiger partial charge is 0.421 e. The summed E-state index contributed by atoms with van der Waals surface area (Å²) < 4.78 is 46.8. The molecule has 0 radical (unpaired) electrons. The number of ether oxygens (including phenoxy) is 1. The Kier molecular flexibility index (Phi) is 6.46. The van der Waals surface area contributed by atoms with Crippen LogP contribution >= 0.6 is 22.6 Å². The quantitative estimate of drug-likeness (QED) is 0.409. The molecule has 0 aliphatic heterocycles. The van der Waals surface area contributed by atoms with Crippen LogP contribution in [0.1, 0.15) is 12.5 Å². The maximum absolute atomic E-state index is 13.5. The van der Waals surface area contributed by atoms with E-state index in [1.165, 1.54) is 0 Å². The van der Waals surface area contributed by atoms with Gasteiger partial charge in [0.05, 0.1) is 6.61 Å². The van der Waals surface area contributed by atoms with Crippen LogP contribution in [-0.2, 0) is 6.18 Å². The van der Waals surface area contributed by atoms with E-state index in [-0.39, 0.29) is 11.8 Å². The van der Waals surface area contributed by atoms with Crippen molar-refractivity contribution >= 4 is 45.7 Å². The predicted molar refractivity (Wildman–Crippen MR) is 115 cm³/mol. The molecule has 3 aromatic rings. The molecule has 0 fully saturated rings. The highest BCUT2D eigenvalue weighted by atomic mass is 127. The number of aromatic nitrogens is 2. The minimum absolute atomic E-state index is 0.146. The summed E-state index contributed by atoms with van der Waals surface area (Å²) in [6.07, 6.45) is -3.80. The maximum atomic E-state index is 13.5. The number of nitrogens with zero attached hydrogens (tertiary/aromatic N) is 3. The highest BCUT2D eigenvalue weighted by Gasteiger charge is 2.35. The van der Waals surface area contributed by atoms with Crippen molar-refractivity contribution in [1.82, 2.24) is 9.97 Å². The maximum Gasteiger partial charge on any atom is 0.421 e. The molecular formula is C20H18F3IN4O. The van der Waals surface area contributed by atoms with Crippen LogP contribution in [0.3, 0.4) is 0 Å². The van der Waals surface area contributed by atoms with Gasteiger partial charge in [0.2, 0.25) is 5.95 Å². The number of hydrogen-bond donors (Lipinski definition) is 1. The highest BCUT2D eigenvalue weighted by Crippen LogP contribution is 2.36. The van der Waals surface area contributed by atoms with Crippen molar-refractivity contribution in [2.45, 2.75) is 13.1 Å². The monoisotopic (exact) mass is 514 g/mol. The number of nitrogens with one attached hydrogen (secondary N) is 1. The van der Waals surface area contributed by atoms with Gasteiger partial charge in [-0.05, 0) is 78.0 Å². The molecule has 0 bridgehead atoms. The van der Waals surface area contributed by atoms with Gasteiger partial charge in [-0.15, -0.1) is 0 Å². The van der Waals surface area contributed by atoms with E-state index in [2.05, 4.69) is 37.9 Å². The minimum Gasteiger partial charge on any atom is -0.494 e. The van der Waals surface area contributed by atoms with Crippen molar-refractivity contribution in [3.63, 3.8) is 0 Å². The van der Waals surface area contributed by atoms with E-state index in [1.54, 1.807) is 36.2 Å². The second kappa shape index (κ2) is 8.85. The van der Waals surface area contributed by atoms with E-state index in [4.69, 9.17) is 4.74 Å². The normalized spacial score (nSPS) is 11.2. The fourth-order valence-corrected chi connectivity index (χ4v) is 2.91. The van der Waals surface area contributed by atoms with E-state index in [0.29, 0.717) is 18.0 Å². The molecule has 5 nitrogen and oxygen atoms in total. The molecule has 1 N–H and O–H groups in total. The van der Waals surface area contributed by atoms with E-state index in [9.17, 15) is 13.2 Å². The van der Waals surface area contributed by atoms with Crippen LogP contribution in [0.15, 0.2) is 54.7 Å². The number of anilines is 4. The van der Waals surface area contributed by atoms with Gasteiger partial charge in [0.25, 0.3) is 0 Å². The zero-order chi connectivity index (χ0) is 21.0. The standard InChI is InChI=1S/C20H18F3IN4O/c1-3-29-16-10-6-14(7-11-16)26-18-17(20(21,22)23)12-25-19(27-18)28(2)15-8-4-13(24)5-9-15/h4-12H,3H2,1-2H3,(H,25,26,27). The SMILES string of the molecule is CCOc1ccc(Nc2nc(N(C)c3ccc(I)cc3)ncc2C(F)(F)F)cc1. The molecule has 0 saturated heterocycles. The van der Waals surface area contributed by atoms with Gasteiger partial charge in [-0.25, -0.2) is 4.98 Å². The van der Waals surface area contributed by atoms with Crippen LogP contribution in [0.5, 0.6) is 5.75 Å². The van der Waals surface area contributed by atoms with Gasteiger partial charge in [0.1, 0.15) is 17.1 Å². The molecular weight excluding hydrogens is 496 g/mol. The first-order valence-corrected chi connectivity index (χ1v) is 9.79. The van der Waals surface area contributed by atoms with Gasteiger partial charge >= 0.3 is 6.18 Å². The number of rotatable bonds is 6. The summed E-state index contributed by atoms with van der Waals surface area (Å²) in [7, 11) is 1.70. The molecule has 29 heavy (non-hydrogen) atoms. The van der Waals surface area contributed by atoms with Gasteiger partial charge < -0.3 is 15.0 Å². The first-order valence-electron chi connectivity index (χ1n) is 8.71. The third kappa shape index (κ3) is 5.28. The average molecular weight is 514 g/mol. The van der Waals surface area contributed by atoms with Crippen LogP contribution in [0.2, 0.25) is 0 Å². The minimum atomic E-state index is -4.59. The number of benzene rings is 2. The Balaban J connectivity index is 1.94. The zero-order valence-corrected chi connectivity index (χ0v) is 17.8. The van der Waals surface area contributed by atoms with E-state index < -0.39 is 11.7 Å². The summed E-state index contributed by atoms with van der Waals surface area (Å²) in [6, 6.07) is 14.1. The van der Waals surface area contributed by atoms with E-state index in [0.717, 1.165) is 15.5 Å². The first-order chi connectivity index (χ1) is 13.8. The van der Waals surface area contributed by atoms with Crippen LogP contribution in [0.25, 0.3) is 0 Å². The van der Waals surface area contributed by atoms with Gasteiger partial charge in [-0.1, -0.05) is 0 Å².